The molecule has 192 valence electrons. The van der Waals surface area contributed by atoms with Crippen LogP contribution in [-0.4, -0.2) is 56.4 Å². The molecule has 7 rings (SSSR count). The van der Waals surface area contributed by atoms with Crippen LogP contribution in [0.25, 0.3) is 27.7 Å². The molecule has 2 fully saturated rings. The standard InChI is InChI=1S/C27H23ClFN7O2/c1-2-38-15-8-16(25-17-10-31-33-26(17)34-36(25)11-15)14-6-7-22(30-9-14)35-12-18-19(13-35)24(18)32-27(37)23-20(28)4-3-5-21(23)29/h3-11,18-19,24H,2,12-13H2,1H3,(H,32,37)(H,33,34)/t18-,19+,24-. The zero-order valence-corrected chi connectivity index (χ0v) is 21.1. The van der Waals surface area contributed by atoms with E-state index in [4.69, 9.17) is 21.3 Å². The number of fused-ring (bicyclic) bond motifs is 4. The number of amides is 1. The van der Waals surface area contributed by atoms with Crippen LogP contribution in [-0.2, 0) is 0 Å². The lowest BCUT2D eigenvalue weighted by atomic mass is 10.1. The number of aromatic nitrogens is 5. The Morgan fingerprint density at radius 3 is 2.82 bits per heavy atom. The zero-order valence-electron chi connectivity index (χ0n) is 20.4. The van der Waals surface area contributed by atoms with Crippen molar-refractivity contribution in [3.8, 4) is 16.9 Å². The number of hydrogen-bond donors (Lipinski definition) is 2. The summed E-state index contributed by atoms with van der Waals surface area (Å²) in [6.45, 7) is 4.04. The minimum absolute atomic E-state index is 0.0162. The number of benzene rings is 1. The fraction of sp³-hybridized carbons (Fsp3) is 0.259. The van der Waals surface area contributed by atoms with Gasteiger partial charge < -0.3 is 15.0 Å². The molecule has 1 saturated heterocycles. The van der Waals surface area contributed by atoms with Gasteiger partial charge in [0.25, 0.3) is 5.91 Å². The molecule has 1 saturated carbocycles. The first-order valence-corrected chi connectivity index (χ1v) is 12.8. The molecule has 1 aliphatic heterocycles. The summed E-state index contributed by atoms with van der Waals surface area (Å²) in [5, 5.41) is 15.6. The van der Waals surface area contributed by atoms with Gasteiger partial charge in [-0.05, 0) is 37.3 Å². The number of piperidine rings is 1. The van der Waals surface area contributed by atoms with E-state index in [1.54, 1.807) is 6.20 Å². The summed E-state index contributed by atoms with van der Waals surface area (Å²) in [6.07, 6.45) is 5.50. The molecule has 0 spiro atoms. The number of anilines is 1. The van der Waals surface area contributed by atoms with Gasteiger partial charge in [-0.25, -0.2) is 13.9 Å². The number of hydrogen-bond acceptors (Lipinski definition) is 6. The normalized spacial score (nSPS) is 20.2. The first kappa shape index (κ1) is 23.0. The van der Waals surface area contributed by atoms with Crippen LogP contribution >= 0.6 is 11.6 Å². The van der Waals surface area contributed by atoms with E-state index >= 15 is 0 Å². The number of halogens is 2. The van der Waals surface area contributed by atoms with E-state index < -0.39 is 11.7 Å². The largest absolute Gasteiger partial charge is 0.492 e. The van der Waals surface area contributed by atoms with Crippen molar-refractivity contribution < 1.29 is 13.9 Å². The van der Waals surface area contributed by atoms with Crippen molar-refractivity contribution in [3.05, 3.63) is 71.4 Å². The quantitative estimate of drug-likeness (QED) is 0.338. The number of H-pyrrole nitrogens is 1. The molecular formula is C27H23ClFN7O2. The summed E-state index contributed by atoms with van der Waals surface area (Å²) in [4.78, 5) is 19.6. The first-order valence-electron chi connectivity index (χ1n) is 12.5. The number of nitrogens with zero attached hydrogens (tertiary/aromatic N) is 5. The van der Waals surface area contributed by atoms with Gasteiger partial charge >= 0.3 is 0 Å². The second kappa shape index (κ2) is 8.70. The summed E-state index contributed by atoms with van der Waals surface area (Å²) in [5.74, 6) is 1.13. The second-order valence-electron chi connectivity index (χ2n) is 9.68. The van der Waals surface area contributed by atoms with Crippen molar-refractivity contribution in [2.24, 2.45) is 11.8 Å². The first-order chi connectivity index (χ1) is 18.5. The molecule has 5 aromatic rings. The van der Waals surface area contributed by atoms with Gasteiger partial charge in [-0.15, -0.1) is 5.10 Å². The average Bonchev–Trinajstić information content (AvgIpc) is 3.31. The molecule has 38 heavy (non-hydrogen) atoms. The summed E-state index contributed by atoms with van der Waals surface area (Å²) < 4.78 is 21.7. The number of carbonyl (C=O) groups is 1. The van der Waals surface area contributed by atoms with E-state index in [0.29, 0.717) is 24.1 Å². The Morgan fingerprint density at radius 2 is 2.08 bits per heavy atom. The van der Waals surface area contributed by atoms with Crippen LogP contribution in [0.2, 0.25) is 5.02 Å². The van der Waals surface area contributed by atoms with Crippen molar-refractivity contribution in [1.29, 1.82) is 0 Å². The fourth-order valence-electron chi connectivity index (χ4n) is 5.60. The highest BCUT2D eigenvalue weighted by Gasteiger charge is 2.56. The fourth-order valence-corrected chi connectivity index (χ4v) is 5.85. The summed E-state index contributed by atoms with van der Waals surface area (Å²) in [6, 6.07) is 10.3. The van der Waals surface area contributed by atoms with Crippen LogP contribution < -0.4 is 15.0 Å². The lowest BCUT2D eigenvalue weighted by Crippen LogP contribution is -2.35. The molecule has 0 bridgehead atoms. The van der Waals surface area contributed by atoms with Gasteiger partial charge in [0.1, 0.15) is 17.4 Å². The third kappa shape index (κ3) is 3.66. The summed E-state index contributed by atoms with van der Waals surface area (Å²) >= 11 is 6.05. The van der Waals surface area contributed by atoms with Crippen LogP contribution in [0.1, 0.15) is 17.3 Å². The molecule has 2 aliphatic rings. The molecule has 3 atom stereocenters. The summed E-state index contributed by atoms with van der Waals surface area (Å²) in [5.41, 5.74) is 3.45. The maximum Gasteiger partial charge on any atom is 0.256 e. The van der Waals surface area contributed by atoms with Gasteiger partial charge in [-0.3, -0.25) is 9.89 Å². The average molecular weight is 532 g/mol. The predicted octanol–water partition coefficient (Wildman–Crippen LogP) is 4.33. The Kier molecular flexibility index (Phi) is 5.26. The van der Waals surface area contributed by atoms with Crippen molar-refractivity contribution >= 4 is 39.9 Å². The molecular weight excluding hydrogens is 509 g/mol. The van der Waals surface area contributed by atoms with E-state index in [2.05, 4.69) is 31.6 Å². The Bertz CT molecular complexity index is 1670. The third-order valence-electron chi connectivity index (χ3n) is 7.48. The smallest absolute Gasteiger partial charge is 0.256 e. The summed E-state index contributed by atoms with van der Waals surface area (Å²) in [7, 11) is 0. The molecule has 4 aromatic heterocycles. The number of nitrogens with one attached hydrogen (secondary N) is 2. The number of pyridine rings is 2. The second-order valence-corrected chi connectivity index (χ2v) is 10.1. The van der Waals surface area contributed by atoms with Crippen molar-refractivity contribution in [2.45, 2.75) is 13.0 Å². The van der Waals surface area contributed by atoms with E-state index in [1.165, 1.54) is 18.2 Å². The number of ether oxygens (including phenoxy) is 1. The molecule has 0 unspecified atom stereocenters. The van der Waals surface area contributed by atoms with Crippen LogP contribution in [0.15, 0.2) is 55.0 Å². The Balaban J connectivity index is 1.08. The lowest BCUT2D eigenvalue weighted by molar-refractivity contribution is 0.0943. The molecule has 9 nitrogen and oxygen atoms in total. The minimum atomic E-state index is -0.611. The number of rotatable bonds is 6. The van der Waals surface area contributed by atoms with Crippen molar-refractivity contribution in [2.75, 3.05) is 24.6 Å². The van der Waals surface area contributed by atoms with E-state index in [0.717, 1.165) is 46.7 Å². The monoisotopic (exact) mass is 531 g/mol. The molecule has 0 radical (unpaired) electrons. The van der Waals surface area contributed by atoms with Gasteiger partial charge in [0.15, 0.2) is 5.65 Å². The number of aromatic amines is 1. The SMILES string of the molecule is CCOc1cc(-c2ccc(N3C[C@@H]4[C@H](C3)[C@@H]4NC(=O)c3c(F)cccc3Cl)nc2)c2c3cn[nH]c3nn2c1. The molecule has 1 amide bonds. The molecule has 2 N–H and O–H groups in total. The van der Waals surface area contributed by atoms with Gasteiger partial charge in [-0.2, -0.15) is 5.10 Å². The topological polar surface area (TPSA) is 100 Å². The highest BCUT2D eigenvalue weighted by Crippen LogP contribution is 2.47. The minimum Gasteiger partial charge on any atom is -0.492 e. The Morgan fingerprint density at radius 1 is 1.24 bits per heavy atom. The lowest BCUT2D eigenvalue weighted by Gasteiger charge is -2.21. The molecule has 11 heteroatoms. The van der Waals surface area contributed by atoms with E-state index in [9.17, 15) is 9.18 Å². The highest BCUT2D eigenvalue weighted by atomic mass is 35.5. The number of carbonyl (C=O) groups excluding carboxylic acids is 1. The Hall–Kier alpha value is -4.18. The van der Waals surface area contributed by atoms with Crippen LogP contribution in [0.5, 0.6) is 5.75 Å². The predicted molar refractivity (Wildman–Crippen MR) is 141 cm³/mol. The van der Waals surface area contributed by atoms with Gasteiger partial charge in [0, 0.05) is 48.3 Å². The van der Waals surface area contributed by atoms with Gasteiger partial charge in [0.2, 0.25) is 0 Å². The molecule has 1 aliphatic carbocycles. The van der Waals surface area contributed by atoms with Crippen LogP contribution in [0.4, 0.5) is 10.2 Å². The zero-order chi connectivity index (χ0) is 26.0. The van der Waals surface area contributed by atoms with Crippen LogP contribution in [0.3, 0.4) is 0 Å². The maximum absolute atomic E-state index is 14.1. The van der Waals surface area contributed by atoms with Gasteiger partial charge in [0.05, 0.1) is 40.5 Å². The van der Waals surface area contributed by atoms with Crippen molar-refractivity contribution in [1.82, 2.24) is 30.1 Å². The molecule has 5 heterocycles. The van der Waals surface area contributed by atoms with Gasteiger partial charge in [-0.1, -0.05) is 17.7 Å². The van der Waals surface area contributed by atoms with Crippen LogP contribution in [0, 0.1) is 17.7 Å². The molecule has 1 aromatic carbocycles. The Labute approximate surface area is 221 Å². The third-order valence-corrected chi connectivity index (χ3v) is 7.79. The van der Waals surface area contributed by atoms with Crippen molar-refractivity contribution in [3.63, 3.8) is 0 Å². The van der Waals surface area contributed by atoms with E-state index in [-0.39, 0.29) is 16.6 Å². The van der Waals surface area contributed by atoms with E-state index in [1.807, 2.05) is 36.0 Å². The maximum atomic E-state index is 14.1. The highest BCUT2D eigenvalue weighted by molar-refractivity contribution is 6.33.